The molecule has 0 bridgehead atoms. The molecule has 1 unspecified atom stereocenters. The first-order valence-electron chi connectivity index (χ1n) is 5.85. The molecule has 0 aromatic carbocycles. The molecule has 1 saturated heterocycles. The minimum Gasteiger partial charge on any atom is -0.491 e. The SMILES string of the molecule is COc1cc(Br)cn(CCC2CCNC2)c1=O. The molecular formula is C12H17BrN2O2. The van der Waals surface area contributed by atoms with Gasteiger partial charge in [0.2, 0.25) is 0 Å². The fourth-order valence-electron chi connectivity index (χ4n) is 2.17. The standard InChI is InChI=1S/C12H17BrN2O2/c1-17-11-6-10(13)8-15(12(11)16)5-3-9-2-4-14-7-9/h6,8-9,14H,2-5,7H2,1H3. The van der Waals surface area contributed by atoms with Crippen molar-refractivity contribution in [1.82, 2.24) is 9.88 Å². The summed E-state index contributed by atoms with van der Waals surface area (Å²) in [5.41, 5.74) is -0.0540. The lowest BCUT2D eigenvalue weighted by Crippen LogP contribution is -2.22. The van der Waals surface area contributed by atoms with Gasteiger partial charge >= 0.3 is 0 Å². The van der Waals surface area contributed by atoms with Crippen molar-refractivity contribution >= 4 is 15.9 Å². The molecule has 1 aromatic heterocycles. The van der Waals surface area contributed by atoms with Crippen molar-refractivity contribution in [1.29, 1.82) is 0 Å². The summed E-state index contributed by atoms with van der Waals surface area (Å²) in [7, 11) is 1.52. The zero-order chi connectivity index (χ0) is 12.3. The topological polar surface area (TPSA) is 43.3 Å². The second-order valence-corrected chi connectivity index (χ2v) is 5.29. The number of ether oxygens (including phenoxy) is 1. The van der Waals surface area contributed by atoms with Gasteiger partial charge in [0, 0.05) is 23.3 Å². The van der Waals surface area contributed by atoms with Gasteiger partial charge in [0.1, 0.15) is 0 Å². The highest BCUT2D eigenvalue weighted by Gasteiger charge is 2.15. The van der Waals surface area contributed by atoms with Crippen molar-refractivity contribution in [3.63, 3.8) is 0 Å². The largest absolute Gasteiger partial charge is 0.491 e. The van der Waals surface area contributed by atoms with Crippen LogP contribution >= 0.6 is 15.9 Å². The molecule has 0 aliphatic carbocycles. The number of aromatic nitrogens is 1. The summed E-state index contributed by atoms with van der Waals surface area (Å²) >= 11 is 3.39. The molecule has 1 N–H and O–H groups in total. The molecule has 0 saturated carbocycles. The van der Waals surface area contributed by atoms with E-state index in [2.05, 4.69) is 21.2 Å². The Morgan fingerprint density at radius 1 is 1.65 bits per heavy atom. The van der Waals surface area contributed by atoms with Crippen LogP contribution in [0, 0.1) is 5.92 Å². The van der Waals surface area contributed by atoms with Gasteiger partial charge in [-0.2, -0.15) is 0 Å². The molecule has 1 aromatic rings. The minimum absolute atomic E-state index is 0.0540. The second-order valence-electron chi connectivity index (χ2n) is 4.37. The van der Waals surface area contributed by atoms with E-state index in [4.69, 9.17) is 4.74 Å². The molecule has 94 valence electrons. The van der Waals surface area contributed by atoms with Crippen LogP contribution in [0.2, 0.25) is 0 Å². The highest BCUT2D eigenvalue weighted by atomic mass is 79.9. The molecule has 0 spiro atoms. The fraction of sp³-hybridized carbons (Fsp3) is 0.583. The van der Waals surface area contributed by atoms with E-state index in [9.17, 15) is 4.79 Å². The molecule has 0 radical (unpaired) electrons. The molecule has 17 heavy (non-hydrogen) atoms. The minimum atomic E-state index is -0.0540. The first-order valence-corrected chi connectivity index (χ1v) is 6.64. The third kappa shape index (κ3) is 3.10. The number of nitrogens with one attached hydrogen (secondary N) is 1. The van der Waals surface area contributed by atoms with Crippen molar-refractivity contribution in [2.45, 2.75) is 19.4 Å². The molecule has 1 aliphatic rings. The van der Waals surface area contributed by atoms with E-state index >= 15 is 0 Å². The Balaban J connectivity index is 2.09. The lowest BCUT2D eigenvalue weighted by molar-refractivity contribution is 0.397. The maximum atomic E-state index is 12.0. The van der Waals surface area contributed by atoms with Crippen LogP contribution in [-0.4, -0.2) is 24.8 Å². The number of halogens is 1. The molecular weight excluding hydrogens is 284 g/mol. The normalized spacial score (nSPS) is 19.5. The lowest BCUT2D eigenvalue weighted by Gasteiger charge is -2.11. The van der Waals surface area contributed by atoms with Crippen LogP contribution in [0.5, 0.6) is 5.75 Å². The summed E-state index contributed by atoms with van der Waals surface area (Å²) in [4.78, 5) is 12.0. The van der Waals surface area contributed by atoms with Gasteiger partial charge in [0.25, 0.3) is 5.56 Å². The van der Waals surface area contributed by atoms with Crippen molar-refractivity contribution < 1.29 is 4.74 Å². The van der Waals surface area contributed by atoms with Gasteiger partial charge in [0.05, 0.1) is 7.11 Å². The van der Waals surface area contributed by atoms with E-state index in [1.165, 1.54) is 13.5 Å². The van der Waals surface area contributed by atoms with Crippen LogP contribution in [0.15, 0.2) is 21.5 Å². The van der Waals surface area contributed by atoms with Crippen LogP contribution in [0.3, 0.4) is 0 Å². The van der Waals surface area contributed by atoms with Crippen molar-refractivity contribution in [3.8, 4) is 5.75 Å². The molecule has 5 heteroatoms. The summed E-state index contributed by atoms with van der Waals surface area (Å²) in [6, 6.07) is 1.70. The van der Waals surface area contributed by atoms with Crippen LogP contribution in [0.1, 0.15) is 12.8 Å². The van der Waals surface area contributed by atoms with Gasteiger partial charge in [-0.1, -0.05) is 0 Å². The average molecular weight is 301 g/mol. The Hall–Kier alpha value is -0.810. The predicted molar refractivity (Wildman–Crippen MR) is 70.5 cm³/mol. The molecule has 2 heterocycles. The van der Waals surface area contributed by atoms with E-state index in [0.717, 1.165) is 30.5 Å². The van der Waals surface area contributed by atoms with Gasteiger partial charge in [-0.05, 0) is 47.8 Å². The number of hydrogen-bond donors (Lipinski definition) is 1. The number of methoxy groups -OCH3 is 1. The van der Waals surface area contributed by atoms with Gasteiger partial charge in [-0.3, -0.25) is 4.79 Å². The van der Waals surface area contributed by atoms with E-state index in [0.29, 0.717) is 11.7 Å². The Morgan fingerprint density at radius 2 is 2.47 bits per heavy atom. The molecule has 1 atom stereocenters. The number of aryl methyl sites for hydroxylation is 1. The fourth-order valence-corrected chi connectivity index (χ4v) is 2.62. The summed E-state index contributed by atoms with van der Waals surface area (Å²) in [6.45, 7) is 2.92. The lowest BCUT2D eigenvalue weighted by atomic mass is 10.1. The highest BCUT2D eigenvalue weighted by molar-refractivity contribution is 9.10. The molecule has 2 rings (SSSR count). The number of nitrogens with zero attached hydrogens (tertiary/aromatic N) is 1. The third-order valence-electron chi connectivity index (χ3n) is 3.18. The van der Waals surface area contributed by atoms with E-state index in [1.54, 1.807) is 10.6 Å². The van der Waals surface area contributed by atoms with Gasteiger partial charge < -0.3 is 14.6 Å². The van der Waals surface area contributed by atoms with Crippen molar-refractivity contribution in [2.75, 3.05) is 20.2 Å². The van der Waals surface area contributed by atoms with E-state index in [-0.39, 0.29) is 5.56 Å². The van der Waals surface area contributed by atoms with Crippen LogP contribution in [0.25, 0.3) is 0 Å². The van der Waals surface area contributed by atoms with Crippen LogP contribution in [-0.2, 0) is 6.54 Å². The van der Waals surface area contributed by atoms with E-state index < -0.39 is 0 Å². The summed E-state index contributed by atoms with van der Waals surface area (Å²) in [5, 5.41) is 3.34. The van der Waals surface area contributed by atoms with Gasteiger partial charge in [-0.25, -0.2) is 0 Å². The maximum absolute atomic E-state index is 12.0. The number of pyridine rings is 1. The zero-order valence-electron chi connectivity index (χ0n) is 9.91. The van der Waals surface area contributed by atoms with Crippen LogP contribution in [0.4, 0.5) is 0 Å². The van der Waals surface area contributed by atoms with Crippen LogP contribution < -0.4 is 15.6 Å². The molecule has 1 aliphatic heterocycles. The van der Waals surface area contributed by atoms with E-state index in [1.807, 2.05) is 6.20 Å². The molecule has 1 fully saturated rings. The van der Waals surface area contributed by atoms with Crippen molar-refractivity contribution in [2.24, 2.45) is 5.92 Å². The van der Waals surface area contributed by atoms with Gasteiger partial charge in [0.15, 0.2) is 5.75 Å². The molecule has 4 nitrogen and oxygen atoms in total. The van der Waals surface area contributed by atoms with Crippen molar-refractivity contribution in [3.05, 3.63) is 27.1 Å². The third-order valence-corrected chi connectivity index (χ3v) is 3.61. The summed E-state index contributed by atoms with van der Waals surface area (Å²) in [5.74, 6) is 1.08. The monoisotopic (exact) mass is 300 g/mol. The maximum Gasteiger partial charge on any atom is 0.292 e. The summed E-state index contributed by atoms with van der Waals surface area (Å²) < 4.78 is 7.66. The first-order chi connectivity index (χ1) is 8.20. The quantitative estimate of drug-likeness (QED) is 0.919. The molecule has 0 amide bonds. The Bertz CT molecular complexity index is 439. The number of hydrogen-bond acceptors (Lipinski definition) is 3. The summed E-state index contributed by atoms with van der Waals surface area (Å²) in [6.07, 6.45) is 4.07. The number of rotatable bonds is 4. The Morgan fingerprint density at radius 3 is 3.12 bits per heavy atom. The Labute approximate surface area is 109 Å². The predicted octanol–water partition coefficient (Wildman–Crippen LogP) is 1.62. The van der Waals surface area contributed by atoms with Gasteiger partial charge in [-0.15, -0.1) is 0 Å². The Kier molecular flexibility index (Phi) is 4.23. The smallest absolute Gasteiger partial charge is 0.292 e. The average Bonchev–Trinajstić information content (AvgIpc) is 2.82. The zero-order valence-corrected chi connectivity index (χ0v) is 11.5. The highest BCUT2D eigenvalue weighted by Crippen LogP contribution is 2.16. The first kappa shape index (κ1) is 12.6. The second kappa shape index (κ2) is 5.69.